The van der Waals surface area contributed by atoms with Crippen LogP contribution < -0.4 is 10.6 Å². The summed E-state index contributed by atoms with van der Waals surface area (Å²) in [6.45, 7) is 2.75. The van der Waals surface area contributed by atoms with Crippen LogP contribution in [0.2, 0.25) is 5.02 Å². The SMILES string of the molecule is CC(c1ccc(Cl)cc1)N(C)c1cccc(CN)c1. The Kier molecular flexibility index (Phi) is 4.46. The van der Waals surface area contributed by atoms with E-state index in [9.17, 15) is 0 Å². The second kappa shape index (κ2) is 6.09. The molecule has 0 saturated carbocycles. The van der Waals surface area contributed by atoms with E-state index in [2.05, 4.69) is 43.1 Å². The summed E-state index contributed by atoms with van der Waals surface area (Å²) in [6.07, 6.45) is 0. The summed E-state index contributed by atoms with van der Waals surface area (Å²) in [5, 5.41) is 0.767. The molecule has 2 nitrogen and oxygen atoms in total. The Bertz CT molecular complexity index is 537. The molecule has 0 fully saturated rings. The molecule has 0 bridgehead atoms. The summed E-state index contributed by atoms with van der Waals surface area (Å²) in [5.74, 6) is 0. The lowest BCUT2D eigenvalue weighted by atomic mass is 10.1. The van der Waals surface area contributed by atoms with Gasteiger partial charge in [0.1, 0.15) is 0 Å². The van der Waals surface area contributed by atoms with Gasteiger partial charge in [-0.2, -0.15) is 0 Å². The number of hydrogen-bond donors (Lipinski definition) is 1. The molecule has 0 spiro atoms. The number of halogens is 1. The van der Waals surface area contributed by atoms with Crippen LogP contribution in [0.25, 0.3) is 0 Å². The molecule has 2 aromatic rings. The highest BCUT2D eigenvalue weighted by Crippen LogP contribution is 2.26. The third kappa shape index (κ3) is 3.28. The molecule has 0 amide bonds. The molecule has 0 aliphatic heterocycles. The van der Waals surface area contributed by atoms with E-state index >= 15 is 0 Å². The Morgan fingerprint density at radius 2 is 1.84 bits per heavy atom. The second-order valence-electron chi connectivity index (χ2n) is 4.71. The summed E-state index contributed by atoms with van der Waals surface area (Å²) in [7, 11) is 2.09. The van der Waals surface area contributed by atoms with Gasteiger partial charge in [-0.1, -0.05) is 35.9 Å². The molecule has 0 saturated heterocycles. The Morgan fingerprint density at radius 3 is 2.47 bits per heavy atom. The van der Waals surface area contributed by atoms with Gasteiger partial charge in [0.2, 0.25) is 0 Å². The summed E-state index contributed by atoms with van der Waals surface area (Å²) in [5.41, 5.74) is 9.25. The van der Waals surface area contributed by atoms with Crippen LogP contribution in [0.3, 0.4) is 0 Å². The topological polar surface area (TPSA) is 29.3 Å². The van der Waals surface area contributed by atoms with Gasteiger partial charge in [0.25, 0.3) is 0 Å². The molecular weight excluding hydrogens is 256 g/mol. The monoisotopic (exact) mass is 274 g/mol. The van der Waals surface area contributed by atoms with Crippen LogP contribution in [0.15, 0.2) is 48.5 Å². The molecule has 2 aromatic carbocycles. The van der Waals surface area contributed by atoms with Crippen molar-refractivity contribution in [2.75, 3.05) is 11.9 Å². The Morgan fingerprint density at radius 1 is 1.16 bits per heavy atom. The minimum atomic E-state index is 0.283. The van der Waals surface area contributed by atoms with Crippen LogP contribution in [-0.2, 0) is 6.54 Å². The molecular formula is C16H19ClN2. The Hall–Kier alpha value is -1.51. The fraction of sp³-hybridized carbons (Fsp3) is 0.250. The number of benzene rings is 2. The van der Waals surface area contributed by atoms with E-state index in [1.165, 1.54) is 11.3 Å². The fourth-order valence-electron chi connectivity index (χ4n) is 2.09. The normalized spacial score (nSPS) is 12.2. The number of hydrogen-bond acceptors (Lipinski definition) is 2. The molecule has 1 unspecified atom stereocenters. The van der Waals surface area contributed by atoms with Crippen molar-refractivity contribution in [2.24, 2.45) is 5.73 Å². The van der Waals surface area contributed by atoms with Gasteiger partial charge in [0.05, 0.1) is 6.04 Å². The van der Waals surface area contributed by atoms with E-state index in [0.29, 0.717) is 6.54 Å². The zero-order chi connectivity index (χ0) is 13.8. The first-order valence-electron chi connectivity index (χ1n) is 6.39. The standard InChI is InChI=1S/C16H19ClN2/c1-12(14-6-8-15(17)9-7-14)19(2)16-5-3-4-13(10-16)11-18/h3-10,12H,11,18H2,1-2H3. The maximum atomic E-state index is 5.93. The van der Waals surface area contributed by atoms with Crippen LogP contribution in [0.4, 0.5) is 5.69 Å². The predicted molar refractivity (Wildman–Crippen MR) is 82.6 cm³/mol. The predicted octanol–water partition coefficient (Wildman–Crippen LogP) is 4.00. The highest BCUT2D eigenvalue weighted by atomic mass is 35.5. The van der Waals surface area contributed by atoms with Crippen molar-refractivity contribution >= 4 is 17.3 Å². The third-order valence-corrected chi connectivity index (χ3v) is 3.74. The molecule has 2 rings (SSSR count). The highest BCUT2D eigenvalue weighted by Gasteiger charge is 2.12. The number of rotatable bonds is 4. The molecule has 0 aliphatic carbocycles. The van der Waals surface area contributed by atoms with Crippen molar-refractivity contribution in [2.45, 2.75) is 19.5 Å². The van der Waals surface area contributed by atoms with Crippen LogP contribution in [0, 0.1) is 0 Å². The average molecular weight is 275 g/mol. The van der Waals surface area contributed by atoms with Crippen molar-refractivity contribution in [1.29, 1.82) is 0 Å². The third-order valence-electron chi connectivity index (χ3n) is 3.49. The summed E-state index contributed by atoms with van der Waals surface area (Å²) >= 11 is 5.93. The first-order valence-corrected chi connectivity index (χ1v) is 6.77. The highest BCUT2D eigenvalue weighted by molar-refractivity contribution is 6.30. The Balaban J connectivity index is 2.22. The van der Waals surface area contributed by atoms with Gasteiger partial charge in [-0.15, -0.1) is 0 Å². The van der Waals surface area contributed by atoms with Crippen molar-refractivity contribution in [3.8, 4) is 0 Å². The smallest absolute Gasteiger partial charge is 0.0511 e. The van der Waals surface area contributed by atoms with Crippen LogP contribution in [0.1, 0.15) is 24.1 Å². The van der Waals surface area contributed by atoms with Crippen molar-refractivity contribution < 1.29 is 0 Å². The molecule has 0 aromatic heterocycles. The molecule has 2 N–H and O–H groups in total. The van der Waals surface area contributed by atoms with Gasteiger partial charge in [0.15, 0.2) is 0 Å². The minimum Gasteiger partial charge on any atom is -0.368 e. The maximum absolute atomic E-state index is 5.93. The molecule has 1 atom stereocenters. The average Bonchev–Trinajstić information content (AvgIpc) is 2.46. The number of nitrogens with zero attached hydrogens (tertiary/aromatic N) is 1. The fourth-order valence-corrected chi connectivity index (χ4v) is 2.22. The van der Waals surface area contributed by atoms with E-state index in [1.54, 1.807) is 0 Å². The molecule has 0 heterocycles. The second-order valence-corrected chi connectivity index (χ2v) is 5.15. The van der Waals surface area contributed by atoms with Crippen LogP contribution >= 0.6 is 11.6 Å². The van der Waals surface area contributed by atoms with Gasteiger partial charge in [0, 0.05) is 24.3 Å². The van der Waals surface area contributed by atoms with Gasteiger partial charge in [-0.25, -0.2) is 0 Å². The van der Waals surface area contributed by atoms with E-state index in [1.807, 2.05) is 24.3 Å². The quantitative estimate of drug-likeness (QED) is 0.913. The lowest BCUT2D eigenvalue weighted by molar-refractivity contribution is 0.739. The van der Waals surface area contributed by atoms with E-state index in [4.69, 9.17) is 17.3 Å². The number of nitrogens with two attached hydrogens (primary N) is 1. The van der Waals surface area contributed by atoms with Crippen molar-refractivity contribution in [3.05, 3.63) is 64.7 Å². The zero-order valence-corrected chi connectivity index (χ0v) is 12.1. The molecule has 3 heteroatoms. The zero-order valence-electron chi connectivity index (χ0n) is 11.3. The van der Waals surface area contributed by atoms with Crippen molar-refractivity contribution in [3.63, 3.8) is 0 Å². The summed E-state index contributed by atoms with van der Waals surface area (Å²) < 4.78 is 0. The summed E-state index contributed by atoms with van der Waals surface area (Å²) in [4.78, 5) is 2.24. The minimum absolute atomic E-state index is 0.283. The van der Waals surface area contributed by atoms with E-state index in [0.717, 1.165) is 10.6 Å². The van der Waals surface area contributed by atoms with E-state index in [-0.39, 0.29) is 6.04 Å². The first-order chi connectivity index (χ1) is 9.11. The van der Waals surface area contributed by atoms with Gasteiger partial charge < -0.3 is 10.6 Å². The summed E-state index contributed by atoms with van der Waals surface area (Å²) in [6, 6.07) is 16.6. The van der Waals surface area contributed by atoms with Crippen LogP contribution in [0.5, 0.6) is 0 Å². The maximum Gasteiger partial charge on any atom is 0.0511 e. The molecule has 100 valence electrons. The van der Waals surface area contributed by atoms with Crippen molar-refractivity contribution in [1.82, 2.24) is 0 Å². The van der Waals surface area contributed by atoms with Crippen LogP contribution in [-0.4, -0.2) is 7.05 Å². The lowest BCUT2D eigenvalue weighted by Gasteiger charge is -2.28. The van der Waals surface area contributed by atoms with E-state index < -0.39 is 0 Å². The molecule has 0 aliphatic rings. The molecule has 19 heavy (non-hydrogen) atoms. The van der Waals surface area contributed by atoms with Gasteiger partial charge in [-0.3, -0.25) is 0 Å². The Labute approximate surface area is 119 Å². The number of anilines is 1. The first kappa shape index (κ1) is 13.9. The lowest BCUT2D eigenvalue weighted by Crippen LogP contribution is -2.21. The van der Waals surface area contributed by atoms with Gasteiger partial charge in [-0.05, 0) is 42.3 Å². The van der Waals surface area contributed by atoms with Gasteiger partial charge >= 0.3 is 0 Å². The molecule has 0 radical (unpaired) electrons. The largest absolute Gasteiger partial charge is 0.368 e.